The van der Waals surface area contributed by atoms with Crippen LogP contribution in [0.1, 0.15) is 11.4 Å². The summed E-state index contributed by atoms with van der Waals surface area (Å²) in [6.45, 7) is 0.871. The van der Waals surface area contributed by atoms with E-state index in [0.717, 1.165) is 10.8 Å². The van der Waals surface area contributed by atoms with Crippen LogP contribution < -0.4 is 10.1 Å². The standard InChI is InChI=1S/C13H14N2O2S/c16-12(15-10-13-14-7-9-18-13)6-8-17-11-4-2-1-3-5-11/h1-5,7,9H,6,8,10H2,(H,15,16). The van der Waals surface area contributed by atoms with Crippen molar-refractivity contribution in [1.82, 2.24) is 10.3 Å². The molecule has 4 nitrogen and oxygen atoms in total. The van der Waals surface area contributed by atoms with Gasteiger partial charge in [0.05, 0.1) is 19.6 Å². The molecule has 0 aliphatic heterocycles. The number of hydrogen-bond donors (Lipinski definition) is 1. The first-order chi connectivity index (χ1) is 8.84. The lowest BCUT2D eigenvalue weighted by Gasteiger charge is -2.06. The largest absolute Gasteiger partial charge is 0.493 e. The fraction of sp³-hybridized carbons (Fsp3) is 0.231. The molecule has 1 aromatic heterocycles. The molecule has 0 saturated heterocycles. The Labute approximate surface area is 110 Å². The number of nitrogens with one attached hydrogen (secondary N) is 1. The number of hydrogen-bond acceptors (Lipinski definition) is 4. The van der Waals surface area contributed by atoms with Crippen molar-refractivity contribution >= 4 is 17.2 Å². The van der Waals surface area contributed by atoms with E-state index in [1.807, 2.05) is 35.7 Å². The SMILES string of the molecule is O=C(CCOc1ccccc1)NCc1nccs1. The molecule has 1 amide bonds. The minimum Gasteiger partial charge on any atom is -0.493 e. The van der Waals surface area contributed by atoms with Crippen molar-refractivity contribution in [3.8, 4) is 5.75 Å². The van der Waals surface area contributed by atoms with E-state index in [1.54, 1.807) is 6.20 Å². The average Bonchev–Trinajstić information content (AvgIpc) is 2.91. The van der Waals surface area contributed by atoms with Crippen molar-refractivity contribution in [2.75, 3.05) is 6.61 Å². The van der Waals surface area contributed by atoms with Crippen molar-refractivity contribution in [3.05, 3.63) is 46.9 Å². The predicted octanol–water partition coefficient (Wildman–Crippen LogP) is 2.23. The summed E-state index contributed by atoms with van der Waals surface area (Å²) in [6, 6.07) is 9.46. The lowest BCUT2D eigenvalue weighted by atomic mass is 10.3. The first kappa shape index (κ1) is 12.6. The Morgan fingerprint density at radius 3 is 2.89 bits per heavy atom. The normalized spacial score (nSPS) is 10.0. The number of para-hydroxylation sites is 1. The van der Waals surface area contributed by atoms with Gasteiger partial charge in [0.2, 0.25) is 5.91 Å². The summed E-state index contributed by atoms with van der Waals surface area (Å²) < 4.78 is 5.44. The van der Waals surface area contributed by atoms with Crippen LogP contribution in [0.5, 0.6) is 5.75 Å². The highest BCUT2D eigenvalue weighted by Crippen LogP contribution is 2.08. The van der Waals surface area contributed by atoms with Crippen LogP contribution >= 0.6 is 11.3 Å². The van der Waals surface area contributed by atoms with Crippen LogP contribution in [0.3, 0.4) is 0 Å². The first-order valence-electron chi connectivity index (χ1n) is 5.67. The average molecular weight is 262 g/mol. The summed E-state index contributed by atoms with van der Waals surface area (Å²) in [7, 11) is 0. The van der Waals surface area contributed by atoms with E-state index in [9.17, 15) is 4.79 Å². The number of ether oxygens (including phenoxy) is 1. The molecule has 0 aliphatic carbocycles. The van der Waals surface area contributed by atoms with Gasteiger partial charge < -0.3 is 10.1 Å². The third-order valence-corrected chi connectivity index (χ3v) is 3.04. The molecule has 2 rings (SSSR count). The molecule has 0 radical (unpaired) electrons. The fourth-order valence-corrected chi connectivity index (χ4v) is 1.94. The zero-order valence-electron chi connectivity index (χ0n) is 9.83. The van der Waals surface area contributed by atoms with E-state index in [-0.39, 0.29) is 5.91 Å². The van der Waals surface area contributed by atoms with Crippen molar-refractivity contribution in [2.24, 2.45) is 0 Å². The number of thiazole rings is 1. The van der Waals surface area contributed by atoms with Crippen LogP contribution in [0.25, 0.3) is 0 Å². The second-order valence-electron chi connectivity index (χ2n) is 3.61. The van der Waals surface area contributed by atoms with E-state index < -0.39 is 0 Å². The van der Waals surface area contributed by atoms with Gasteiger partial charge >= 0.3 is 0 Å². The van der Waals surface area contributed by atoms with Crippen molar-refractivity contribution in [2.45, 2.75) is 13.0 Å². The summed E-state index contributed by atoms with van der Waals surface area (Å²) in [4.78, 5) is 15.6. The van der Waals surface area contributed by atoms with Gasteiger partial charge in [0, 0.05) is 11.6 Å². The van der Waals surface area contributed by atoms with E-state index in [1.165, 1.54) is 11.3 Å². The van der Waals surface area contributed by atoms with E-state index in [0.29, 0.717) is 19.6 Å². The maximum atomic E-state index is 11.5. The molecule has 0 unspecified atom stereocenters. The molecule has 0 saturated carbocycles. The van der Waals surface area contributed by atoms with Crippen LogP contribution in [-0.4, -0.2) is 17.5 Å². The van der Waals surface area contributed by atoms with Crippen LogP contribution in [0.4, 0.5) is 0 Å². The Morgan fingerprint density at radius 1 is 1.33 bits per heavy atom. The molecule has 0 bridgehead atoms. The third kappa shape index (κ3) is 4.18. The molecule has 0 aliphatic rings. The van der Waals surface area contributed by atoms with Gasteiger partial charge in [-0.3, -0.25) is 4.79 Å². The van der Waals surface area contributed by atoms with Gasteiger partial charge in [0.25, 0.3) is 0 Å². The van der Waals surface area contributed by atoms with Crippen LogP contribution in [0.15, 0.2) is 41.9 Å². The third-order valence-electron chi connectivity index (χ3n) is 2.26. The van der Waals surface area contributed by atoms with Gasteiger partial charge in [0.15, 0.2) is 0 Å². The Morgan fingerprint density at radius 2 is 2.17 bits per heavy atom. The minimum absolute atomic E-state index is 0.0267. The summed E-state index contributed by atoms with van der Waals surface area (Å²) in [5, 5.41) is 5.60. The molecule has 94 valence electrons. The molecule has 1 N–H and O–H groups in total. The molecule has 1 aromatic carbocycles. The van der Waals surface area contributed by atoms with E-state index in [4.69, 9.17) is 4.74 Å². The van der Waals surface area contributed by atoms with Crippen LogP contribution in [-0.2, 0) is 11.3 Å². The zero-order chi connectivity index (χ0) is 12.6. The molecule has 5 heteroatoms. The Balaban J connectivity index is 1.63. The quantitative estimate of drug-likeness (QED) is 0.868. The van der Waals surface area contributed by atoms with Crippen molar-refractivity contribution in [1.29, 1.82) is 0 Å². The fourth-order valence-electron chi connectivity index (χ4n) is 1.38. The smallest absolute Gasteiger partial charge is 0.223 e. The molecular formula is C13H14N2O2S. The summed E-state index contributed by atoms with van der Waals surface area (Å²) >= 11 is 1.53. The van der Waals surface area contributed by atoms with E-state index in [2.05, 4.69) is 10.3 Å². The minimum atomic E-state index is -0.0267. The maximum Gasteiger partial charge on any atom is 0.223 e. The number of nitrogens with zero attached hydrogens (tertiary/aromatic N) is 1. The highest BCUT2D eigenvalue weighted by molar-refractivity contribution is 7.09. The molecule has 0 spiro atoms. The number of rotatable bonds is 6. The summed E-state index contributed by atoms with van der Waals surface area (Å²) in [6.07, 6.45) is 2.07. The summed E-state index contributed by atoms with van der Waals surface area (Å²) in [5.41, 5.74) is 0. The Bertz CT molecular complexity index is 471. The number of benzene rings is 1. The Hall–Kier alpha value is -1.88. The Kier molecular flexibility index (Phi) is 4.72. The van der Waals surface area contributed by atoms with Crippen molar-refractivity contribution < 1.29 is 9.53 Å². The van der Waals surface area contributed by atoms with Crippen molar-refractivity contribution in [3.63, 3.8) is 0 Å². The molecule has 1 heterocycles. The van der Waals surface area contributed by atoms with Gasteiger partial charge in [-0.25, -0.2) is 4.98 Å². The lowest BCUT2D eigenvalue weighted by molar-refractivity contribution is -0.121. The number of amides is 1. The highest BCUT2D eigenvalue weighted by Gasteiger charge is 2.03. The van der Waals surface area contributed by atoms with Crippen LogP contribution in [0.2, 0.25) is 0 Å². The van der Waals surface area contributed by atoms with E-state index >= 15 is 0 Å². The summed E-state index contributed by atoms with van der Waals surface area (Å²) in [5.74, 6) is 0.756. The molecular weight excluding hydrogens is 248 g/mol. The second-order valence-corrected chi connectivity index (χ2v) is 4.59. The molecule has 0 atom stereocenters. The monoisotopic (exact) mass is 262 g/mol. The molecule has 18 heavy (non-hydrogen) atoms. The molecule has 2 aromatic rings. The highest BCUT2D eigenvalue weighted by atomic mass is 32.1. The lowest BCUT2D eigenvalue weighted by Crippen LogP contribution is -2.24. The predicted molar refractivity (Wildman–Crippen MR) is 70.5 cm³/mol. The number of carbonyl (C=O) groups excluding carboxylic acids is 1. The topological polar surface area (TPSA) is 51.2 Å². The second kappa shape index (κ2) is 6.76. The van der Waals surface area contributed by atoms with Gasteiger partial charge in [-0.1, -0.05) is 18.2 Å². The van der Waals surface area contributed by atoms with Gasteiger partial charge in [-0.2, -0.15) is 0 Å². The van der Waals surface area contributed by atoms with Gasteiger partial charge in [0.1, 0.15) is 10.8 Å². The number of aromatic nitrogens is 1. The first-order valence-corrected chi connectivity index (χ1v) is 6.55. The maximum absolute atomic E-state index is 11.5. The number of carbonyl (C=O) groups is 1. The van der Waals surface area contributed by atoms with Crippen LogP contribution in [0, 0.1) is 0 Å². The van der Waals surface area contributed by atoms with Gasteiger partial charge in [-0.05, 0) is 12.1 Å². The zero-order valence-corrected chi connectivity index (χ0v) is 10.7. The van der Waals surface area contributed by atoms with Gasteiger partial charge in [-0.15, -0.1) is 11.3 Å². The molecule has 0 fully saturated rings.